The molecular formula is C17H29NO3. The van der Waals surface area contributed by atoms with Gasteiger partial charge in [0, 0.05) is 19.4 Å². The van der Waals surface area contributed by atoms with E-state index in [9.17, 15) is 9.59 Å². The predicted molar refractivity (Wildman–Crippen MR) is 82.0 cm³/mol. The number of ketones is 1. The van der Waals surface area contributed by atoms with E-state index in [2.05, 4.69) is 4.90 Å². The van der Waals surface area contributed by atoms with Crippen molar-refractivity contribution >= 4 is 11.8 Å². The first-order chi connectivity index (χ1) is 9.91. The number of esters is 1. The van der Waals surface area contributed by atoms with Crippen molar-refractivity contribution < 1.29 is 14.3 Å². The molecule has 2 aliphatic rings. The zero-order chi connectivity index (χ0) is 15.5. The van der Waals surface area contributed by atoms with E-state index in [4.69, 9.17) is 4.74 Å². The fourth-order valence-electron chi connectivity index (χ4n) is 3.68. The molecule has 4 heteroatoms. The molecule has 1 aliphatic heterocycles. The second kappa shape index (κ2) is 6.91. The fraction of sp³-hybridized carbons (Fsp3) is 0.882. The number of carbonyl (C=O) groups excluding carboxylic acids is 2. The summed E-state index contributed by atoms with van der Waals surface area (Å²) < 4.78 is 5.48. The fourth-order valence-corrected chi connectivity index (χ4v) is 3.68. The zero-order valence-corrected chi connectivity index (χ0v) is 13.7. The van der Waals surface area contributed by atoms with Crippen LogP contribution in [0.5, 0.6) is 0 Å². The van der Waals surface area contributed by atoms with Crippen LogP contribution in [0.3, 0.4) is 0 Å². The lowest BCUT2D eigenvalue weighted by Crippen LogP contribution is -2.57. The van der Waals surface area contributed by atoms with Crippen molar-refractivity contribution in [2.45, 2.75) is 77.4 Å². The van der Waals surface area contributed by atoms with Gasteiger partial charge in [-0.2, -0.15) is 0 Å². The average molecular weight is 295 g/mol. The smallest absolute Gasteiger partial charge is 0.324 e. The lowest BCUT2D eigenvalue weighted by Gasteiger charge is -2.41. The Morgan fingerprint density at radius 3 is 2.52 bits per heavy atom. The second-order valence-electron chi connectivity index (χ2n) is 7.21. The van der Waals surface area contributed by atoms with Gasteiger partial charge in [0.2, 0.25) is 0 Å². The molecule has 0 aromatic rings. The Balaban J connectivity index is 1.90. The minimum atomic E-state index is -0.448. The van der Waals surface area contributed by atoms with Crippen molar-refractivity contribution in [3.63, 3.8) is 0 Å². The summed E-state index contributed by atoms with van der Waals surface area (Å²) in [6.07, 6.45) is 7.11. The van der Waals surface area contributed by atoms with Crippen LogP contribution in [-0.4, -0.2) is 41.4 Å². The Kier molecular flexibility index (Phi) is 5.42. The molecular weight excluding hydrogens is 266 g/mol. The van der Waals surface area contributed by atoms with Crippen LogP contribution >= 0.6 is 0 Å². The van der Waals surface area contributed by atoms with Crippen molar-refractivity contribution in [3.05, 3.63) is 0 Å². The maximum absolute atomic E-state index is 12.3. The maximum atomic E-state index is 12.3. The van der Waals surface area contributed by atoms with Crippen LogP contribution in [0.25, 0.3) is 0 Å². The van der Waals surface area contributed by atoms with E-state index in [1.807, 2.05) is 20.8 Å². The molecule has 0 radical (unpaired) electrons. The van der Waals surface area contributed by atoms with Gasteiger partial charge in [0.25, 0.3) is 0 Å². The van der Waals surface area contributed by atoms with Crippen molar-refractivity contribution in [1.29, 1.82) is 0 Å². The number of hydrogen-bond acceptors (Lipinski definition) is 4. The van der Waals surface area contributed by atoms with E-state index < -0.39 is 5.60 Å². The van der Waals surface area contributed by atoms with Crippen LogP contribution in [-0.2, 0) is 14.3 Å². The van der Waals surface area contributed by atoms with E-state index >= 15 is 0 Å². The number of ether oxygens (including phenoxy) is 1. The number of carbonyl (C=O) groups is 2. The number of likely N-dealkylation sites (N-methyl/N-ethyl adjacent to an activating group) is 1. The van der Waals surface area contributed by atoms with Gasteiger partial charge in [0.1, 0.15) is 17.4 Å². The standard InChI is InChI=1S/C17H29NO3/c1-4-18-12-17(2,3)21-16(20)15(18)11-14(19)10-13-8-6-5-7-9-13/h13,15H,4-12H2,1-3H3. The normalized spacial score (nSPS) is 27.4. The highest BCUT2D eigenvalue weighted by molar-refractivity contribution is 5.87. The maximum Gasteiger partial charge on any atom is 0.324 e. The number of Topliss-reactive ketones (excluding diaryl/α,β-unsaturated/α-hetero) is 1. The molecule has 4 nitrogen and oxygen atoms in total. The third kappa shape index (κ3) is 4.53. The molecule has 1 aliphatic carbocycles. The van der Waals surface area contributed by atoms with Crippen LogP contribution < -0.4 is 0 Å². The van der Waals surface area contributed by atoms with Crippen LogP contribution in [0.2, 0.25) is 0 Å². The highest BCUT2D eigenvalue weighted by Crippen LogP contribution is 2.28. The number of morpholine rings is 1. The second-order valence-corrected chi connectivity index (χ2v) is 7.21. The summed E-state index contributed by atoms with van der Waals surface area (Å²) in [5.74, 6) is 0.532. The van der Waals surface area contributed by atoms with Crippen molar-refractivity contribution in [1.82, 2.24) is 4.90 Å². The van der Waals surface area contributed by atoms with E-state index in [1.165, 1.54) is 32.1 Å². The lowest BCUT2D eigenvalue weighted by molar-refractivity contribution is -0.178. The van der Waals surface area contributed by atoms with Crippen LogP contribution in [0.1, 0.15) is 65.7 Å². The summed E-state index contributed by atoms with van der Waals surface area (Å²) in [6.45, 7) is 7.37. The summed E-state index contributed by atoms with van der Waals surface area (Å²) in [6, 6.07) is -0.376. The molecule has 1 saturated heterocycles. The summed E-state index contributed by atoms with van der Waals surface area (Å²) in [5.41, 5.74) is -0.448. The number of nitrogens with zero attached hydrogens (tertiary/aromatic N) is 1. The van der Waals surface area contributed by atoms with Gasteiger partial charge in [-0.1, -0.05) is 39.0 Å². The van der Waals surface area contributed by atoms with Crippen LogP contribution in [0.4, 0.5) is 0 Å². The molecule has 0 spiro atoms. The third-order valence-corrected chi connectivity index (χ3v) is 4.74. The first-order valence-corrected chi connectivity index (χ1v) is 8.40. The van der Waals surface area contributed by atoms with Crippen molar-refractivity contribution in [3.8, 4) is 0 Å². The van der Waals surface area contributed by atoms with Gasteiger partial charge in [-0.05, 0) is 26.3 Å². The van der Waals surface area contributed by atoms with Crippen molar-refractivity contribution in [2.24, 2.45) is 5.92 Å². The summed E-state index contributed by atoms with van der Waals surface area (Å²) in [7, 11) is 0. The van der Waals surface area contributed by atoms with Gasteiger partial charge >= 0.3 is 5.97 Å². The van der Waals surface area contributed by atoms with Gasteiger partial charge in [-0.15, -0.1) is 0 Å². The van der Waals surface area contributed by atoms with Gasteiger partial charge in [-0.25, -0.2) is 0 Å². The molecule has 1 saturated carbocycles. The van der Waals surface area contributed by atoms with E-state index in [-0.39, 0.29) is 17.8 Å². The van der Waals surface area contributed by atoms with Gasteiger partial charge < -0.3 is 4.74 Å². The van der Waals surface area contributed by atoms with Gasteiger partial charge in [0.15, 0.2) is 0 Å². The molecule has 2 fully saturated rings. The molecule has 0 bridgehead atoms. The minimum absolute atomic E-state index is 0.224. The zero-order valence-electron chi connectivity index (χ0n) is 13.7. The van der Waals surface area contributed by atoms with E-state index in [0.29, 0.717) is 25.3 Å². The monoisotopic (exact) mass is 295 g/mol. The van der Waals surface area contributed by atoms with Crippen LogP contribution in [0, 0.1) is 5.92 Å². The molecule has 0 N–H and O–H groups in total. The largest absolute Gasteiger partial charge is 0.457 e. The summed E-state index contributed by atoms with van der Waals surface area (Å²) in [4.78, 5) is 26.6. The topological polar surface area (TPSA) is 46.6 Å². The first-order valence-electron chi connectivity index (χ1n) is 8.40. The third-order valence-electron chi connectivity index (χ3n) is 4.74. The summed E-state index contributed by atoms with van der Waals surface area (Å²) >= 11 is 0. The number of cyclic esters (lactones) is 1. The first kappa shape index (κ1) is 16.5. The number of rotatable bonds is 5. The molecule has 0 amide bonds. The highest BCUT2D eigenvalue weighted by Gasteiger charge is 2.40. The van der Waals surface area contributed by atoms with Gasteiger partial charge in [0.05, 0.1) is 0 Å². The Morgan fingerprint density at radius 1 is 1.24 bits per heavy atom. The van der Waals surface area contributed by atoms with E-state index in [1.54, 1.807) is 0 Å². The molecule has 0 aromatic carbocycles. The predicted octanol–water partition coefficient (Wildman–Crippen LogP) is 2.94. The lowest BCUT2D eigenvalue weighted by atomic mass is 9.84. The molecule has 1 heterocycles. The SMILES string of the molecule is CCN1CC(C)(C)OC(=O)C1CC(=O)CC1CCCCC1. The van der Waals surface area contributed by atoms with Crippen LogP contribution in [0.15, 0.2) is 0 Å². The Hall–Kier alpha value is -0.900. The minimum Gasteiger partial charge on any atom is -0.457 e. The van der Waals surface area contributed by atoms with Crippen molar-refractivity contribution in [2.75, 3.05) is 13.1 Å². The Labute approximate surface area is 128 Å². The molecule has 0 aromatic heterocycles. The quantitative estimate of drug-likeness (QED) is 0.732. The van der Waals surface area contributed by atoms with E-state index in [0.717, 1.165) is 6.54 Å². The van der Waals surface area contributed by atoms with Gasteiger partial charge in [-0.3, -0.25) is 14.5 Å². The molecule has 1 atom stereocenters. The molecule has 120 valence electrons. The summed E-state index contributed by atoms with van der Waals surface area (Å²) in [5, 5.41) is 0. The molecule has 21 heavy (non-hydrogen) atoms. The Morgan fingerprint density at radius 2 is 1.90 bits per heavy atom. The highest BCUT2D eigenvalue weighted by atomic mass is 16.6. The average Bonchev–Trinajstić information content (AvgIpc) is 2.42. The number of hydrogen-bond donors (Lipinski definition) is 0. The molecule has 1 unspecified atom stereocenters. The Bertz CT molecular complexity index is 385. The molecule has 2 rings (SSSR count).